The zero-order valence-corrected chi connectivity index (χ0v) is 13.4. The first kappa shape index (κ1) is 16.2. The van der Waals surface area contributed by atoms with E-state index in [1.54, 1.807) is 4.90 Å². The lowest BCUT2D eigenvalue weighted by molar-refractivity contribution is 0.0588. The van der Waals surface area contributed by atoms with Crippen LogP contribution >= 0.6 is 10.7 Å². The fraction of sp³-hybridized carbons (Fsp3) is 0.500. The summed E-state index contributed by atoms with van der Waals surface area (Å²) in [6.07, 6.45) is 1.80. The Balaban J connectivity index is 2.32. The molecule has 2 unspecified atom stereocenters. The number of halogens is 2. The summed E-state index contributed by atoms with van der Waals surface area (Å²) in [5.41, 5.74) is 0.136. The third-order valence-electron chi connectivity index (χ3n) is 3.84. The molecule has 0 saturated carbocycles. The second-order valence-corrected chi connectivity index (χ2v) is 8.09. The van der Waals surface area contributed by atoms with E-state index in [4.69, 9.17) is 10.7 Å². The van der Waals surface area contributed by atoms with Crippen LogP contribution in [0, 0.1) is 11.7 Å². The molecule has 7 heteroatoms. The summed E-state index contributed by atoms with van der Waals surface area (Å²) in [7, 11) is 0.965. The zero-order chi connectivity index (χ0) is 15.8. The van der Waals surface area contributed by atoms with Crippen LogP contribution in [-0.2, 0) is 9.05 Å². The van der Waals surface area contributed by atoms with E-state index in [9.17, 15) is 17.6 Å². The average Bonchev–Trinajstić information content (AvgIpc) is 2.37. The van der Waals surface area contributed by atoms with Gasteiger partial charge in [0.05, 0.1) is 0 Å². The molecule has 0 aromatic heterocycles. The highest BCUT2D eigenvalue weighted by Crippen LogP contribution is 2.26. The summed E-state index contributed by atoms with van der Waals surface area (Å²) >= 11 is 0. The van der Waals surface area contributed by atoms with Crippen molar-refractivity contribution >= 4 is 25.6 Å². The highest BCUT2D eigenvalue weighted by Gasteiger charge is 2.28. The minimum atomic E-state index is -4.22. The molecule has 2 rings (SSSR count). The molecule has 21 heavy (non-hydrogen) atoms. The van der Waals surface area contributed by atoms with Crippen LogP contribution in [0.2, 0.25) is 0 Å². The third-order valence-corrected chi connectivity index (χ3v) is 5.18. The molecule has 2 atom stereocenters. The lowest BCUT2D eigenvalue weighted by Crippen LogP contribution is -2.44. The van der Waals surface area contributed by atoms with E-state index < -0.39 is 19.8 Å². The molecule has 1 fully saturated rings. The van der Waals surface area contributed by atoms with Gasteiger partial charge in [0, 0.05) is 28.8 Å². The average molecular weight is 334 g/mol. The second-order valence-electron chi connectivity index (χ2n) is 5.56. The Labute approximate surface area is 128 Å². The van der Waals surface area contributed by atoms with Gasteiger partial charge in [-0.2, -0.15) is 0 Å². The van der Waals surface area contributed by atoms with Crippen LogP contribution in [-0.4, -0.2) is 31.8 Å². The maximum absolute atomic E-state index is 13.5. The van der Waals surface area contributed by atoms with Crippen molar-refractivity contribution in [2.75, 3.05) is 6.54 Å². The Kier molecular flexibility index (Phi) is 4.58. The van der Waals surface area contributed by atoms with E-state index in [0.29, 0.717) is 12.5 Å². The predicted octanol–water partition coefficient (Wildman–Crippen LogP) is 3.01. The number of nitrogens with zero attached hydrogens (tertiary/aromatic N) is 1. The van der Waals surface area contributed by atoms with Crippen molar-refractivity contribution in [2.45, 2.75) is 37.6 Å². The first-order valence-corrected chi connectivity index (χ1v) is 9.06. The molecule has 1 aliphatic rings. The molecule has 0 bridgehead atoms. The van der Waals surface area contributed by atoms with Gasteiger partial charge < -0.3 is 4.90 Å². The molecule has 1 saturated heterocycles. The number of piperidine rings is 1. The minimum absolute atomic E-state index is 0.0716. The van der Waals surface area contributed by atoms with Gasteiger partial charge in [0.25, 0.3) is 15.0 Å². The van der Waals surface area contributed by atoms with E-state index in [1.807, 2.05) is 6.92 Å². The molecule has 0 N–H and O–H groups in total. The number of amides is 1. The molecule has 116 valence electrons. The molecular weight excluding hydrogens is 317 g/mol. The van der Waals surface area contributed by atoms with Crippen LogP contribution < -0.4 is 0 Å². The van der Waals surface area contributed by atoms with Gasteiger partial charge in [0.1, 0.15) is 10.7 Å². The van der Waals surface area contributed by atoms with E-state index in [0.717, 1.165) is 25.0 Å². The van der Waals surface area contributed by atoms with Gasteiger partial charge in [0.2, 0.25) is 0 Å². The summed E-state index contributed by atoms with van der Waals surface area (Å²) < 4.78 is 36.1. The first-order valence-electron chi connectivity index (χ1n) is 6.75. The van der Waals surface area contributed by atoms with Crippen molar-refractivity contribution < 1.29 is 17.6 Å². The molecular formula is C14H17ClFNO3S. The van der Waals surface area contributed by atoms with Crippen LogP contribution in [0.15, 0.2) is 23.1 Å². The van der Waals surface area contributed by atoms with Gasteiger partial charge in [-0.25, -0.2) is 12.8 Å². The molecule has 4 nitrogen and oxygen atoms in total. The number of carbonyl (C=O) groups is 1. The predicted molar refractivity (Wildman–Crippen MR) is 78.3 cm³/mol. The highest BCUT2D eigenvalue weighted by molar-refractivity contribution is 8.13. The number of rotatable bonds is 2. The van der Waals surface area contributed by atoms with Crippen molar-refractivity contribution in [3.63, 3.8) is 0 Å². The van der Waals surface area contributed by atoms with Gasteiger partial charge in [-0.1, -0.05) is 6.92 Å². The van der Waals surface area contributed by atoms with Crippen LogP contribution in [0.1, 0.15) is 37.0 Å². The van der Waals surface area contributed by atoms with Gasteiger partial charge in [-0.3, -0.25) is 4.79 Å². The van der Waals surface area contributed by atoms with Crippen molar-refractivity contribution in [3.8, 4) is 0 Å². The smallest absolute Gasteiger partial charge is 0.264 e. The largest absolute Gasteiger partial charge is 0.336 e. The molecule has 1 heterocycles. The highest BCUT2D eigenvalue weighted by atomic mass is 35.7. The molecule has 0 radical (unpaired) electrons. The summed E-state index contributed by atoms with van der Waals surface area (Å²) in [4.78, 5) is 13.5. The fourth-order valence-corrected chi connectivity index (χ4v) is 3.62. The SMILES string of the molecule is CC1CCN(C(=O)c2ccc(F)c(S(=O)(=O)Cl)c2)C(C)C1. The van der Waals surface area contributed by atoms with Gasteiger partial charge in [-0.05, 0) is 43.9 Å². The summed E-state index contributed by atoms with van der Waals surface area (Å²) in [6, 6.07) is 3.32. The second kappa shape index (κ2) is 5.93. The Morgan fingerprint density at radius 2 is 2.05 bits per heavy atom. The number of hydrogen-bond donors (Lipinski definition) is 0. The van der Waals surface area contributed by atoms with Crippen LogP contribution in [0.25, 0.3) is 0 Å². The number of benzene rings is 1. The normalized spacial score (nSPS) is 23.1. The molecule has 1 aliphatic heterocycles. The Morgan fingerprint density at radius 1 is 1.38 bits per heavy atom. The zero-order valence-electron chi connectivity index (χ0n) is 11.8. The lowest BCUT2D eigenvalue weighted by atomic mass is 9.93. The fourth-order valence-electron chi connectivity index (χ4n) is 2.70. The minimum Gasteiger partial charge on any atom is -0.336 e. The lowest BCUT2D eigenvalue weighted by Gasteiger charge is -2.36. The maximum Gasteiger partial charge on any atom is 0.264 e. The van der Waals surface area contributed by atoms with Crippen LogP contribution in [0.3, 0.4) is 0 Å². The van der Waals surface area contributed by atoms with Crippen molar-refractivity contribution in [3.05, 3.63) is 29.6 Å². The Hall–Kier alpha value is -1.14. The Bertz CT molecular complexity index is 662. The summed E-state index contributed by atoms with van der Waals surface area (Å²) in [5, 5.41) is 0. The van der Waals surface area contributed by atoms with Gasteiger partial charge in [0.15, 0.2) is 0 Å². The van der Waals surface area contributed by atoms with Gasteiger partial charge in [-0.15, -0.1) is 0 Å². The summed E-state index contributed by atoms with van der Waals surface area (Å²) in [5.74, 6) is -0.700. The molecule has 1 amide bonds. The molecule has 0 spiro atoms. The van der Waals surface area contributed by atoms with Gasteiger partial charge >= 0.3 is 0 Å². The molecule has 0 aliphatic carbocycles. The monoisotopic (exact) mass is 333 g/mol. The quantitative estimate of drug-likeness (QED) is 0.782. The number of hydrogen-bond acceptors (Lipinski definition) is 3. The summed E-state index contributed by atoms with van der Waals surface area (Å²) in [6.45, 7) is 4.70. The Morgan fingerprint density at radius 3 is 2.62 bits per heavy atom. The van der Waals surface area contributed by atoms with E-state index in [1.165, 1.54) is 6.07 Å². The van der Waals surface area contributed by atoms with Crippen LogP contribution in [0.5, 0.6) is 0 Å². The standard InChI is InChI=1S/C14H17ClFNO3S/c1-9-5-6-17(10(2)7-9)14(18)11-3-4-12(16)13(8-11)21(15,19)20/h3-4,8-10H,5-7H2,1-2H3. The third kappa shape index (κ3) is 3.55. The van der Waals surface area contributed by atoms with Crippen molar-refractivity contribution in [1.82, 2.24) is 4.90 Å². The van der Waals surface area contributed by atoms with E-state index in [-0.39, 0.29) is 17.5 Å². The molecule has 1 aromatic rings. The van der Waals surface area contributed by atoms with E-state index in [2.05, 4.69) is 6.92 Å². The first-order chi connectivity index (χ1) is 9.70. The van der Waals surface area contributed by atoms with E-state index >= 15 is 0 Å². The maximum atomic E-state index is 13.5. The van der Waals surface area contributed by atoms with Crippen molar-refractivity contribution in [2.24, 2.45) is 5.92 Å². The molecule has 1 aromatic carbocycles. The topological polar surface area (TPSA) is 54.5 Å². The van der Waals surface area contributed by atoms with Crippen molar-refractivity contribution in [1.29, 1.82) is 0 Å². The number of carbonyl (C=O) groups excluding carboxylic acids is 1. The van der Waals surface area contributed by atoms with Crippen LogP contribution in [0.4, 0.5) is 4.39 Å². The number of likely N-dealkylation sites (tertiary alicyclic amines) is 1.